The quantitative estimate of drug-likeness (QED) is 0.859. The van der Waals surface area contributed by atoms with E-state index in [1.165, 1.54) is 11.1 Å². The molecule has 5 heteroatoms. The zero-order valence-corrected chi connectivity index (χ0v) is 13.6. The minimum Gasteiger partial charge on any atom is -0.468 e. The molecule has 0 aliphatic carbocycles. The Labute approximate surface area is 145 Å². The predicted octanol–water partition coefficient (Wildman–Crippen LogP) is 2.70. The number of anilines is 1. The molecule has 2 aliphatic rings. The number of rotatable bonds is 2. The minimum atomic E-state index is -1.12. The van der Waals surface area contributed by atoms with Crippen LogP contribution in [0, 0.1) is 0 Å². The smallest absolute Gasteiger partial charge is 0.275 e. The lowest BCUT2D eigenvalue weighted by Gasteiger charge is -2.32. The second-order valence-electron chi connectivity index (χ2n) is 6.11. The van der Waals surface area contributed by atoms with Crippen LogP contribution in [0.2, 0.25) is 0 Å². The highest BCUT2D eigenvalue weighted by Crippen LogP contribution is 2.30. The third-order valence-electron chi connectivity index (χ3n) is 4.52. The average Bonchev–Trinajstić information content (AvgIpc) is 2.68. The van der Waals surface area contributed by atoms with Crippen molar-refractivity contribution in [1.82, 2.24) is 4.90 Å². The second kappa shape index (κ2) is 6.43. The summed E-state index contributed by atoms with van der Waals surface area (Å²) in [6.07, 6.45) is 1.69. The normalized spacial score (nSPS) is 19.4. The van der Waals surface area contributed by atoms with E-state index < -0.39 is 12.0 Å². The Kier molecular flexibility index (Phi) is 3.98. The summed E-state index contributed by atoms with van der Waals surface area (Å²) in [4.78, 5) is 26.6. The van der Waals surface area contributed by atoms with Gasteiger partial charge in [-0.2, -0.15) is 0 Å². The standard InChI is InChI=1S/C20H18N2O3/c23-19-18(25-17-9-5-4-8-16(17)21-19)20(24)22-12-10-15(11-13-22)14-6-2-1-3-7-14/h1-10,18H,11-13H2,(H,21,23). The molecule has 2 aromatic rings. The lowest BCUT2D eigenvalue weighted by Crippen LogP contribution is -2.51. The zero-order valence-electron chi connectivity index (χ0n) is 13.6. The van der Waals surface area contributed by atoms with Crippen molar-refractivity contribution in [3.63, 3.8) is 0 Å². The van der Waals surface area contributed by atoms with Gasteiger partial charge in [-0.15, -0.1) is 0 Å². The third kappa shape index (κ3) is 3.01. The first-order valence-corrected chi connectivity index (χ1v) is 8.32. The SMILES string of the molecule is O=C1Nc2ccccc2OC1C(=O)N1CC=C(c2ccccc2)CC1. The molecule has 0 spiro atoms. The van der Waals surface area contributed by atoms with Gasteiger partial charge in [0, 0.05) is 13.1 Å². The number of carbonyl (C=O) groups is 2. The Morgan fingerprint density at radius 3 is 2.60 bits per heavy atom. The number of para-hydroxylation sites is 2. The van der Waals surface area contributed by atoms with Gasteiger partial charge in [-0.05, 0) is 29.7 Å². The number of carbonyl (C=O) groups excluding carboxylic acids is 2. The molecule has 1 N–H and O–H groups in total. The van der Waals surface area contributed by atoms with Crippen molar-refractivity contribution in [2.75, 3.05) is 18.4 Å². The van der Waals surface area contributed by atoms with Crippen LogP contribution in [0.5, 0.6) is 5.75 Å². The molecule has 0 fully saturated rings. The molecule has 126 valence electrons. The van der Waals surface area contributed by atoms with Crippen molar-refractivity contribution in [3.8, 4) is 5.75 Å². The van der Waals surface area contributed by atoms with Crippen molar-refractivity contribution in [1.29, 1.82) is 0 Å². The van der Waals surface area contributed by atoms with Gasteiger partial charge in [-0.25, -0.2) is 0 Å². The molecule has 0 radical (unpaired) electrons. The molecular weight excluding hydrogens is 316 g/mol. The predicted molar refractivity (Wildman–Crippen MR) is 95.1 cm³/mol. The van der Waals surface area contributed by atoms with E-state index in [2.05, 4.69) is 17.4 Å². The van der Waals surface area contributed by atoms with E-state index in [-0.39, 0.29) is 5.91 Å². The summed E-state index contributed by atoms with van der Waals surface area (Å²) in [6, 6.07) is 17.3. The van der Waals surface area contributed by atoms with Gasteiger partial charge >= 0.3 is 0 Å². The van der Waals surface area contributed by atoms with E-state index in [1.807, 2.05) is 36.4 Å². The number of hydrogen-bond acceptors (Lipinski definition) is 3. The lowest BCUT2D eigenvalue weighted by molar-refractivity contribution is -0.144. The molecule has 1 atom stereocenters. The molecule has 25 heavy (non-hydrogen) atoms. The van der Waals surface area contributed by atoms with Crippen LogP contribution in [0.15, 0.2) is 60.7 Å². The summed E-state index contributed by atoms with van der Waals surface area (Å²) in [6.45, 7) is 1.06. The largest absolute Gasteiger partial charge is 0.468 e. The van der Waals surface area contributed by atoms with Crippen molar-refractivity contribution < 1.29 is 14.3 Å². The molecule has 0 aromatic heterocycles. The highest BCUT2D eigenvalue weighted by atomic mass is 16.5. The summed E-state index contributed by atoms with van der Waals surface area (Å²) in [5.41, 5.74) is 3.00. The molecule has 0 saturated heterocycles. The summed E-state index contributed by atoms with van der Waals surface area (Å²) in [5.74, 6) is -0.185. The monoisotopic (exact) mass is 334 g/mol. The zero-order chi connectivity index (χ0) is 17.2. The van der Waals surface area contributed by atoms with Crippen molar-refractivity contribution in [2.24, 2.45) is 0 Å². The number of nitrogens with zero attached hydrogens (tertiary/aromatic N) is 1. The van der Waals surface area contributed by atoms with Gasteiger partial charge in [0.05, 0.1) is 5.69 Å². The first kappa shape index (κ1) is 15.4. The second-order valence-corrected chi connectivity index (χ2v) is 6.11. The van der Waals surface area contributed by atoms with Crippen molar-refractivity contribution in [3.05, 3.63) is 66.2 Å². The van der Waals surface area contributed by atoms with Gasteiger partial charge < -0.3 is 15.0 Å². The fourth-order valence-corrected chi connectivity index (χ4v) is 3.16. The molecule has 1 unspecified atom stereocenters. The Bertz CT molecular complexity index is 845. The average molecular weight is 334 g/mol. The molecule has 5 nitrogen and oxygen atoms in total. The van der Waals surface area contributed by atoms with E-state index in [4.69, 9.17) is 4.74 Å². The highest BCUT2D eigenvalue weighted by Gasteiger charge is 2.37. The topological polar surface area (TPSA) is 58.6 Å². The summed E-state index contributed by atoms with van der Waals surface area (Å²) in [7, 11) is 0. The van der Waals surface area contributed by atoms with E-state index >= 15 is 0 Å². The Morgan fingerprint density at radius 2 is 1.84 bits per heavy atom. The molecule has 0 bridgehead atoms. The molecule has 0 saturated carbocycles. The Hall–Kier alpha value is -3.08. The summed E-state index contributed by atoms with van der Waals surface area (Å²) in [5, 5.41) is 2.74. The number of nitrogens with one attached hydrogen (secondary N) is 1. The molecule has 2 aromatic carbocycles. The van der Waals surface area contributed by atoms with E-state index in [0.29, 0.717) is 24.5 Å². The Morgan fingerprint density at radius 1 is 1.08 bits per heavy atom. The molecule has 4 rings (SSSR count). The third-order valence-corrected chi connectivity index (χ3v) is 4.52. The van der Waals surface area contributed by atoms with Crippen molar-refractivity contribution >= 4 is 23.1 Å². The van der Waals surface area contributed by atoms with Crippen molar-refractivity contribution in [2.45, 2.75) is 12.5 Å². The Balaban J connectivity index is 1.48. The summed E-state index contributed by atoms with van der Waals surface area (Å²) < 4.78 is 5.65. The van der Waals surface area contributed by atoms with E-state index in [0.717, 1.165) is 6.42 Å². The van der Waals surface area contributed by atoms with Crippen LogP contribution in [0.3, 0.4) is 0 Å². The molecule has 2 amide bonds. The summed E-state index contributed by atoms with van der Waals surface area (Å²) >= 11 is 0. The maximum atomic E-state index is 12.7. The molecule has 2 heterocycles. The maximum absolute atomic E-state index is 12.7. The number of benzene rings is 2. The molecular formula is C20H18N2O3. The van der Waals surface area contributed by atoms with Gasteiger partial charge in [0.25, 0.3) is 17.9 Å². The first-order chi connectivity index (χ1) is 12.2. The van der Waals surface area contributed by atoms with Crippen LogP contribution in [-0.2, 0) is 9.59 Å². The van der Waals surface area contributed by atoms with Crippen LogP contribution in [0.1, 0.15) is 12.0 Å². The van der Waals surface area contributed by atoms with Gasteiger partial charge in [0.1, 0.15) is 5.75 Å². The number of fused-ring (bicyclic) bond motifs is 1. The van der Waals surface area contributed by atoms with Gasteiger partial charge in [-0.3, -0.25) is 9.59 Å². The first-order valence-electron chi connectivity index (χ1n) is 8.32. The lowest BCUT2D eigenvalue weighted by atomic mass is 9.99. The fourth-order valence-electron chi connectivity index (χ4n) is 3.16. The van der Waals surface area contributed by atoms with Crippen LogP contribution >= 0.6 is 0 Å². The number of ether oxygens (including phenoxy) is 1. The number of hydrogen-bond donors (Lipinski definition) is 1. The van der Waals surface area contributed by atoms with Gasteiger partial charge in [0.15, 0.2) is 0 Å². The fraction of sp³-hybridized carbons (Fsp3) is 0.200. The van der Waals surface area contributed by atoms with Gasteiger partial charge in [0.2, 0.25) is 0 Å². The highest BCUT2D eigenvalue weighted by molar-refractivity contribution is 6.11. The van der Waals surface area contributed by atoms with Gasteiger partial charge in [-0.1, -0.05) is 48.5 Å². The van der Waals surface area contributed by atoms with Crippen LogP contribution in [0.25, 0.3) is 5.57 Å². The number of amides is 2. The van der Waals surface area contributed by atoms with Crippen LogP contribution in [-0.4, -0.2) is 35.9 Å². The molecule has 2 aliphatic heterocycles. The van der Waals surface area contributed by atoms with E-state index in [9.17, 15) is 9.59 Å². The van der Waals surface area contributed by atoms with Crippen LogP contribution in [0.4, 0.5) is 5.69 Å². The minimum absolute atomic E-state index is 0.296. The van der Waals surface area contributed by atoms with E-state index in [1.54, 1.807) is 17.0 Å². The van der Waals surface area contributed by atoms with Crippen LogP contribution < -0.4 is 10.1 Å². The maximum Gasteiger partial charge on any atom is 0.275 e.